The molecule has 0 saturated carbocycles. The summed E-state index contributed by atoms with van der Waals surface area (Å²) in [5.74, 6) is 2.07. The maximum Gasteiger partial charge on any atom is 0.248 e. The zero-order chi connectivity index (χ0) is 22.5. The quantitative estimate of drug-likeness (QED) is 0.748. The molecule has 0 saturated heterocycles. The number of nitrogens with two attached hydrogens (primary N) is 1. The van der Waals surface area contributed by atoms with Crippen LogP contribution in [0.2, 0.25) is 0 Å². The van der Waals surface area contributed by atoms with Crippen LogP contribution in [0.25, 0.3) is 0 Å². The molecule has 3 heterocycles. The molecule has 7 heteroatoms. The molecule has 0 bridgehead atoms. The number of rotatable bonds is 2. The number of hydrogen-bond donors (Lipinski definition) is 1. The number of nitrogens with zero attached hydrogens (tertiary/aromatic N) is 4. The summed E-state index contributed by atoms with van der Waals surface area (Å²) in [5.41, 5.74) is 7.79. The first-order valence-corrected chi connectivity index (χ1v) is 10.3. The van der Waals surface area contributed by atoms with E-state index in [0.29, 0.717) is 47.5 Å². The van der Waals surface area contributed by atoms with E-state index in [1.807, 2.05) is 6.07 Å². The number of ketones is 1. The van der Waals surface area contributed by atoms with Crippen molar-refractivity contribution in [2.45, 2.75) is 24.7 Å². The number of nitriles is 1. The van der Waals surface area contributed by atoms with Gasteiger partial charge in [-0.2, -0.15) is 5.26 Å². The lowest BCUT2D eigenvalue weighted by Crippen LogP contribution is -2.52. The maximum atomic E-state index is 14.1. The van der Waals surface area contributed by atoms with Crippen LogP contribution in [0, 0.1) is 23.7 Å². The second kappa shape index (κ2) is 7.11. The van der Waals surface area contributed by atoms with Gasteiger partial charge in [0.1, 0.15) is 17.3 Å². The Morgan fingerprint density at radius 1 is 1.19 bits per heavy atom. The molecule has 1 atom stereocenters. The molecule has 2 aromatic rings. The molecule has 2 aliphatic heterocycles. The van der Waals surface area contributed by atoms with Crippen molar-refractivity contribution in [1.82, 2.24) is 4.98 Å². The zero-order valence-corrected chi connectivity index (χ0v) is 17.2. The Labute approximate surface area is 185 Å². The van der Waals surface area contributed by atoms with Gasteiger partial charge in [0.15, 0.2) is 5.78 Å². The Bertz CT molecular complexity index is 1310. The molecule has 156 valence electrons. The summed E-state index contributed by atoms with van der Waals surface area (Å²) in [6, 6.07) is 12.9. The van der Waals surface area contributed by atoms with Gasteiger partial charge in [0.05, 0.1) is 24.0 Å². The number of anilines is 2. The third kappa shape index (κ3) is 2.34. The molecule has 1 spiro atoms. The van der Waals surface area contributed by atoms with Crippen molar-refractivity contribution < 1.29 is 9.59 Å². The normalized spacial score (nSPS) is 22.1. The summed E-state index contributed by atoms with van der Waals surface area (Å²) >= 11 is 0. The Hall–Kier alpha value is -4.36. The molecule has 5 rings (SSSR count). The van der Waals surface area contributed by atoms with Crippen molar-refractivity contribution in [3.63, 3.8) is 0 Å². The van der Waals surface area contributed by atoms with Crippen LogP contribution in [0.4, 0.5) is 11.4 Å². The molecule has 1 aliphatic carbocycles. The molecule has 0 radical (unpaired) electrons. The summed E-state index contributed by atoms with van der Waals surface area (Å²) in [6.07, 6.45) is 10.3. The minimum absolute atomic E-state index is 0.0271. The van der Waals surface area contributed by atoms with Gasteiger partial charge in [-0.05, 0) is 31.0 Å². The Kier molecular flexibility index (Phi) is 4.35. The summed E-state index contributed by atoms with van der Waals surface area (Å²) in [6.45, 7) is 0.0271. The van der Waals surface area contributed by atoms with Crippen molar-refractivity contribution in [2.75, 3.05) is 16.3 Å². The Balaban J connectivity index is 1.90. The van der Waals surface area contributed by atoms with Gasteiger partial charge >= 0.3 is 0 Å². The highest BCUT2D eigenvalue weighted by Gasteiger charge is 2.62. The zero-order valence-electron chi connectivity index (χ0n) is 17.2. The molecule has 0 fully saturated rings. The van der Waals surface area contributed by atoms with E-state index in [4.69, 9.17) is 12.2 Å². The van der Waals surface area contributed by atoms with Crippen LogP contribution < -0.4 is 15.5 Å². The van der Waals surface area contributed by atoms with Gasteiger partial charge in [0.25, 0.3) is 0 Å². The second-order valence-electron chi connectivity index (χ2n) is 7.88. The van der Waals surface area contributed by atoms with Crippen LogP contribution >= 0.6 is 0 Å². The molecule has 7 nitrogen and oxygen atoms in total. The van der Waals surface area contributed by atoms with Crippen LogP contribution in [0.15, 0.2) is 71.5 Å². The number of hydrogen-bond acceptors (Lipinski definition) is 6. The molecular formula is C25H19N5O2. The highest BCUT2D eigenvalue weighted by molar-refractivity contribution is 6.20. The molecule has 3 aliphatic rings. The standard InChI is InChI=1S/C25H19N5O2/c1-2-13-29-19-9-4-3-8-17(19)25(24(29)32)18(14-26)23(27)30(16-7-6-12-28-15-16)20-10-5-11-21(31)22(20)25/h1,3-4,6-9,12,15H,5,10-11,13,27H2. The molecule has 1 unspecified atom stereocenters. The van der Waals surface area contributed by atoms with Crippen LogP contribution in [0.1, 0.15) is 24.8 Å². The van der Waals surface area contributed by atoms with Crippen LogP contribution in [-0.4, -0.2) is 23.2 Å². The molecular weight excluding hydrogens is 402 g/mol. The number of aromatic nitrogens is 1. The van der Waals surface area contributed by atoms with Crippen molar-refractivity contribution in [1.29, 1.82) is 5.26 Å². The van der Waals surface area contributed by atoms with Crippen LogP contribution in [-0.2, 0) is 15.0 Å². The van der Waals surface area contributed by atoms with E-state index < -0.39 is 11.3 Å². The van der Waals surface area contributed by atoms with Crippen molar-refractivity contribution in [3.8, 4) is 18.4 Å². The van der Waals surface area contributed by atoms with Crippen molar-refractivity contribution >= 4 is 23.1 Å². The minimum Gasteiger partial charge on any atom is -0.384 e. The number of allylic oxidation sites excluding steroid dienone is 1. The van der Waals surface area contributed by atoms with E-state index in [-0.39, 0.29) is 23.7 Å². The van der Waals surface area contributed by atoms with Crippen molar-refractivity contribution in [3.05, 3.63) is 77.0 Å². The summed E-state index contributed by atoms with van der Waals surface area (Å²) < 4.78 is 0. The highest BCUT2D eigenvalue weighted by atomic mass is 16.2. The highest BCUT2D eigenvalue weighted by Crippen LogP contribution is 2.56. The van der Waals surface area contributed by atoms with E-state index in [1.54, 1.807) is 47.6 Å². The number of benzene rings is 1. The van der Waals surface area contributed by atoms with E-state index >= 15 is 0 Å². The van der Waals surface area contributed by atoms with Crippen LogP contribution in [0.5, 0.6) is 0 Å². The third-order valence-corrected chi connectivity index (χ3v) is 6.33. The number of para-hydroxylation sites is 1. The first-order valence-electron chi connectivity index (χ1n) is 10.3. The van der Waals surface area contributed by atoms with Gasteiger partial charge in [0, 0.05) is 35.1 Å². The maximum absolute atomic E-state index is 14.1. The van der Waals surface area contributed by atoms with Gasteiger partial charge in [-0.25, -0.2) is 0 Å². The number of pyridine rings is 1. The molecule has 1 aromatic carbocycles. The van der Waals surface area contributed by atoms with Gasteiger partial charge in [-0.3, -0.25) is 24.4 Å². The molecule has 1 aromatic heterocycles. The van der Waals surface area contributed by atoms with Gasteiger partial charge in [0.2, 0.25) is 5.91 Å². The fourth-order valence-electron chi connectivity index (χ4n) is 5.16. The number of Topliss-reactive ketones (excluding diaryl/α,β-unsaturated/α-hetero) is 1. The number of terminal acetylenes is 1. The lowest BCUT2D eigenvalue weighted by Gasteiger charge is -2.43. The van der Waals surface area contributed by atoms with E-state index in [1.165, 1.54) is 4.90 Å². The molecule has 2 N–H and O–H groups in total. The van der Waals surface area contributed by atoms with Gasteiger partial charge in [-0.15, -0.1) is 6.42 Å². The fraction of sp³-hybridized carbons (Fsp3) is 0.200. The minimum atomic E-state index is -1.60. The monoisotopic (exact) mass is 421 g/mol. The number of amides is 1. The van der Waals surface area contributed by atoms with Gasteiger partial charge in [-0.1, -0.05) is 24.1 Å². The SMILES string of the molecule is C#CCN1C(=O)C2(C(C#N)=C(N)N(c3cccnc3)C3=C2C(=O)CCC3)c2ccccc21. The Morgan fingerprint density at radius 3 is 2.72 bits per heavy atom. The lowest BCUT2D eigenvalue weighted by molar-refractivity contribution is -0.124. The van der Waals surface area contributed by atoms with Crippen molar-refractivity contribution in [2.24, 2.45) is 5.73 Å². The molecule has 1 amide bonds. The number of carbonyl (C=O) groups excluding carboxylic acids is 2. The molecule has 32 heavy (non-hydrogen) atoms. The lowest BCUT2D eigenvalue weighted by atomic mass is 9.64. The van der Waals surface area contributed by atoms with Crippen LogP contribution in [0.3, 0.4) is 0 Å². The first-order chi connectivity index (χ1) is 15.6. The average Bonchev–Trinajstić information content (AvgIpc) is 3.04. The average molecular weight is 421 g/mol. The first kappa shape index (κ1) is 19.6. The van der Waals surface area contributed by atoms with Gasteiger partial charge < -0.3 is 5.73 Å². The second-order valence-corrected chi connectivity index (χ2v) is 7.88. The van der Waals surface area contributed by atoms with E-state index in [0.717, 1.165) is 0 Å². The summed E-state index contributed by atoms with van der Waals surface area (Å²) in [7, 11) is 0. The fourth-order valence-corrected chi connectivity index (χ4v) is 5.16. The third-order valence-electron chi connectivity index (χ3n) is 6.33. The van der Waals surface area contributed by atoms with E-state index in [2.05, 4.69) is 17.0 Å². The Morgan fingerprint density at radius 2 is 2.00 bits per heavy atom. The number of carbonyl (C=O) groups is 2. The summed E-state index contributed by atoms with van der Waals surface area (Å²) in [4.78, 5) is 34.9. The summed E-state index contributed by atoms with van der Waals surface area (Å²) in [5, 5.41) is 10.3. The predicted molar refractivity (Wildman–Crippen MR) is 119 cm³/mol. The largest absolute Gasteiger partial charge is 0.384 e. The number of fused-ring (bicyclic) bond motifs is 3. The smallest absolute Gasteiger partial charge is 0.248 e. The topological polar surface area (TPSA) is 103 Å². The van der Waals surface area contributed by atoms with E-state index in [9.17, 15) is 14.9 Å². The predicted octanol–water partition coefficient (Wildman–Crippen LogP) is 2.52.